The Bertz CT molecular complexity index is 1240. The summed E-state index contributed by atoms with van der Waals surface area (Å²) in [6, 6.07) is 19.0. The van der Waals surface area contributed by atoms with Crippen LogP contribution in [-0.4, -0.2) is 27.5 Å². The molecule has 2 heterocycles. The lowest BCUT2D eigenvalue weighted by molar-refractivity contribution is -0.123. The largest absolute Gasteiger partial charge is 0.488 e. The number of para-hydroxylation sites is 2. The summed E-state index contributed by atoms with van der Waals surface area (Å²) in [7, 11) is 0. The molecule has 0 bridgehead atoms. The Labute approximate surface area is 192 Å². The number of hydrogen-bond acceptors (Lipinski definition) is 5. The van der Waals surface area contributed by atoms with Crippen LogP contribution in [-0.2, 0) is 11.4 Å². The standard InChI is InChI=1S/C26H24N4O3/c27-15-20(26(32)28-17-9-3-1-4-10-17)25(31)23-21-16-33-22-14-8-7-13-19(22)24(21)30(29-23)18-11-5-2-6-12-18/h2,5-8,11-14,17,20H,1,3-4,9-10,16H2,(H,28,32). The second-order valence-corrected chi connectivity index (χ2v) is 8.48. The zero-order valence-electron chi connectivity index (χ0n) is 18.2. The molecule has 0 radical (unpaired) electrons. The molecule has 7 heteroatoms. The van der Waals surface area contributed by atoms with Gasteiger partial charge in [-0.2, -0.15) is 10.4 Å². The summed E-state index contributed by atoms with van der Waals surface area (Å²) in [6.07, 6.45) is 4.99. The van der Waals surface area contributed by atoms with Gasteiger partial charge in [0.05, 0.1) is 17.5 Å². The Kier molecular flexibility index (Phi) is 5.66. The lowest BCUT2D eigenvalue weighted by atomic mass is 9.93. The van der Waals surface area contributed by atoms with E-state index in [1.54, 1.807) is 4.68 Å². The van der Waals surface area contributed by atoms with Crippen LogP contribution in [0.15, 0.2) is 54.6 Å². The van der Waals surface area contributed by atoms with E-state index in [4.69, 9.17) is 4.74 Å². The monoisotopic (exact) mass is 440 g/mol. The molecule has 1 atom stereocenters. The van der Waals surface area contributed by atoms with Crippen molar-refractivity contribution >= 4 is 11.7 Å². The fourth-order valence-corrected chi connectivity index (χ4v) is 4.66. The first-order chi connectivity index (χ1) is 16.2. The quantitative estimate of drug-likeness (QED) is 0.474. The third-order valence-electron chi connectivity index (χ3n) is 6.34. The maximum Gasteiger partial charge on any atom is 0.245 e. The van der Waals surface area contributed by atoms with E-state index in [0.29, 0.717) is 11.3 Å². The first-order valence-electron chi connectivity index (χ1n) is 11.3. The van der Waals surface area contributed by atoms with Crippen LogP contribution < -0.4 is 10.1 Å². The number of benzene rings is 2. The van der Waals surface area contributed by atoms with Gasteiger partial charge in [0.25, 0.3) is 0 Å². The number of carbonyl (C=O) groups excluding carboxylic acids is 2. The van der Waals surface area contributed by atoms with Gasteiger partial charge in [-0.25, -0.2) is 4.68 Å². The highest BCUT2D eigenvalue weighted by Gasteiger charge is 2.36. The SMILES string of the molecule is N#CC(C(=O)NC1CCCCC1)C(=O)c1nn(-c2ccccc2)c2c1COc1ccccc1-2. The average molecular weight is 441 g/mol. The predicted octanol–water partition coefficient (Wildman–Crippen LogP) is 4.20. The molecule has 1 saturated carbocycles. The zero-order chi connectivity index (χ0) is 22.8. The van der Waals surface area contributed by atoms with Crippen molar-refractivity contribution < 1.29 is 14.3 Å². The number of ketones is 1. The topological polar surface area (TPSA) is 97.0 Å². The molecule has 3 aromatic rings. The van der Waals surface area contributed by atoms with Crippen molar-refractivity contribution in [1.29, 1.82) is 5.26 Å². The Morgan fingerprint density at radius 1 is 1.06 bits per heavy atom. The molecule has 1 fully saturated rings. The van der Waals surface area contributed by atoms with E-state index in [2.05, 4.69) is 10.4 Å². The van der Waals surface area contributed by atoms with Crippen molar-refractivity contribution in [3.63, 3.8) is 0 Å². The number of rotatable bonds is 5. The van der Waals surface area contributed by atoms with Gasteiger partial charge in [-0.1, -0.05) is 49.6 Å². The Morgan fingerprint density at radius 3 is 2.55 bits per heavy atom. The first kappa shape index (κ1) is 21.0. The van der Waals surface area contributed by atoms with Crippen LogP contribution in [0.4, 0.5) is 0 Å². The predicted molar refractivity (Wildman–Crippen MR) is 122 cm³/mol. The highest BCUT2D eigenvalue weighted by molar-refractivity contribution is 6.12. The summed E-state index contributed by atoms with van der Waals surface area (Å²) in [5.74, 6) is -1.89. The minimum atomic E-state index is -1.45. The third-order valence-corrected chi connectivity index (χ3v) is 6.34. The summed E-state index contributed by atoms with van der Waals surface area (Å²) in [4.78, 5) is 26.4. The Morgan fingerprint density at radius 2 is 1.79 bits per heavy atom. The lowest BCUT2D eigenvalue weighted by Crippen LogP contribution is -2.42. The molecule has 1 aliphatic carbocycles. The fraction of sp³-hybridized carbons (Fsp3) is 0.308. The van der Waals surface area contributed by atoms with Crippen molar-refractivity contribution in [2.24, 2.45) is 5.92 Å². The van der Waals surface area contributed by atoms with Crippen LogP contribution >= 0.6 is 0 Å². The minimum absolute atomic E-state index is 0.0147. The normalized spacial score (nSPS) is 16.0. The zero-order valence-corrected chi connectivity index (χ0v) is 18.2. The summed E-state index contributed by atoms with van der Waals surface area (Å²) in [6.45, 7) is 0.142. The molecule has 33 heavy (non-hydrogen) atoms. The van der Waals surface area contributed by atoms with E-state index in [9.17, 15) is 14.9 Å². The Hall–Kier alpha value is -3.92. The third kappa shape index (κ3) is 3.89. The summed E-state index contributed by atoms with van der Waals surface area (Å²) < 4.78 is 7.60. The van der Waals surface area contributed by atoms with E-state index < -0.39 is 17.6 Å². The van der Waals surface area contributed by atoms with Crippen LogP contribution in [0.25, 0.3) is 16.9 Å². The molecule has 1 unspecified atom stereocenters. The molecule has 2 aromatic carbocycles. The van der Waals surface area contributed by atoms with Gasteiger partial charge in [-0.3, -0.25) is 9.59 Å². The van der Waals surface area contributed by atoms with Crippen LogP contribution in [0.3, 0.4) is 0 Å². The number of fused-ring (bicyclic) bond motifs is 3. The number of amides is 1. The average Bonchev–Trinajstić information content (AvgIpc) is 3.26. The van der Waals surface area contributed by atoms with Crippen LogP contribution in [0.1, 0.15) is 48.2 Å². The molecule has 2 aliphatic rings. The lowest BCUT2D eigenvalue weighted by Gasteiger charge is -2.23. The number of aromatic nitrogens is 2. The van der Waals surface area contributed by atoms with E-state index in [1.165, 1.54) is 0 Å². The number of ether oxygens (including phenoxy) is 1. The van der Waals surface area contributed by atoms with E-state index in [-0.39, 0.29) is 18.3 Å². The van der Waals surface area contributed by atoms with Gasteiger partial charge in [-0.05, 0) is 37.1 Å². The first-order valence-corrected chi connectivity index (χ1v) is 11.3. The molecule has 166 valence electrons. The van der Waals surface area contributed by atoms with Crippen LogP contribution in [0.2, 0.25) is 0 Å². The molecule has 1 N–H and O–H groups in total. The van der Waals surface area contributed by atoms with Gasteiger partial charge in [0.1, 0.15) is 18.1 Å². The van der Waals surface area contributed by atoms with Gasteiger partial charge in [-0.15, -0.1) is 0 Å². The molecule has 7 nitrogen and oxygen atoms in total. The van der Waals surface area contributed by atoms with Crippen LogP contribution in [0, 0.1) is 17.2 Å². The molecule has 1 aromatic heterocycles. The van der Waals surface area contributed by atoms with Crippen molar-refractivity contribution in [3.05, 3.63) is 65.9 Å². The minimum Gasteiger partial charge on any atom is -0.488 e. The molecular formula is C26H24N4O3. The maximum absolute atomic E-state index is 13.5. The van der Waals surface area contributed by atoms with E-state index in [1.807, 2.05) is 60.7 Å². The molecule has 1 aliphatic heterocycles. The molecule has 1 amide bonds. The number of Topliss-reactive ketones (excluding diaryl/α,β-unsaturated/α-hetero) is 1. The second kappa shape index (κ2) is 8.91. The van der Waals surface area contributed by atoms with Gasteiger partial charge in [0.2, 0.25) is 11.7 Å². The maximum atomic E-state index is 13.5. The number of carbonyl (C=O) groups is 2. The number of nitriles is 1. The van der Waals surface area contributed by atoms with Crippen molar-refractivity contribution in [3.8, 4) is 28.8 Å². The van der Waals surface area contributed by atoms with E-state index in [0.717, 1.165) is 49.0 Å². The number of nitrogens with one attached hydrogen (secondary N) is 1. The number of nitrogens with zero attached hydrogens (tertiary/aromatic N) is 3. The van der Waals surface area contributed by atoms with E-state index >= 15 is 0 Å². The fourth-order valence-electron chi connectivity index (χ4n) is 4.66. The molecule has 0 saturated heterocycles. The Balaban J connectivity index is 1.55. The van der Waals surface area contributed by atoms with Crippen molar-refractivity contribution in [2.45, 2.75) is 44.8 Å². The molecule has 0 spiro atoms. The van der Waals surface area contributed by atoms with Gasteiger partial charge < -0.3 is 10.1 Å². The summed E-state index contributed by atoms with van der Waals surface area (Å²) >= 11 is 0. The number of hydrogen-bond donors (Lipinski definition) is 1. The molecule has 5 rings (SSSR count). The van der Waals surface area contributed by atoms with Gasteiger partial charge in [0.15, 0.2) is 5.92 Å². The summed E-state index contributed by atoms with van der Waals surface area (Å²) in [5.41, 5.74) is 3.04. The van der Waals surface area contributed by atoms with Crippen molar-refractivity contribution in [1.82, 2.24) is 15.1 Å². The summed E-state index contributed by atoms with van der Waals surface area (Å²) in [5, 5.41) is 17.3. The van der Waals surface area contributed by atoms with Crippen molar-refractivity contribution in [2.75, 3.05) is 0 Å². The highest BCUT2D eigenvalue weighted by Crippen LogP contribution is 2.40. The van der Waals surface area contributed by atoms with Crippen LogP contribution in [0.5, 0.6) is 5.75 Å². The van der Waals surface area contributed by atoms with Gasteiger partial charge in [0, 0.05) is 17.2 Å². The molecular weight excluding hydrogens is 416 g/mol. The second-order valence-electron chi connectivity index (χ2n) is 8.48. The highest BCUT2D eigenvalue weighted by atomic mass is 16.5. The smallest absolute Gasteiger partial charge is 0.245 e. The van der Waals surface area contributed by atoms with Gasteiger partial charge >= 0.3 is 0 Å².